The highest BCUT2D eigenvalue weighted by Crippen LogP contribution is 2.66. The van der Waals surface area contributed by atoms with Crippen LogP contribution in [0.15, 0.2) is 0 Å². The van der Waals surface area contributed by atoms with Gasteiger partial charge in [-0.25, -0.2) is 0 Å². The van der Waals surface area contributed by atoms with Crippen molar-refractivity contribution in [2.24, 2.45) is 34.5 Å². The summed E-state index contributed by atoms with van der Waals surface area (Å²) < 4.78 is 17.0. The predicted octanol–water partition coefficient (Wildman–Crippen LogP) is 3.61. The second-order valence-electron chi connectivity index (χ2n) is 11.0. The van der Waals surface area contributed by atoms with Crippen molar-refractivity contribution in [1.29, 1.82) is 0 Å². The molecule has 0 aromatic heterocycles. The van der Waals surface area contributed by atoms with Gasteiger partial charge in [-0.2, -0.15) is 0 Å². The van der Waals surface area contributed by atoms with Crippen molar-refractivity contribution >= 4 is 23.7 Å². The zero-order chi connectivity index (χ0) is 23.3. The van der Waals surface area contributed by atoms with E-state index < -0.39 is 0 Å². The van der Waals surface area contributed by atoms with E-state index in [4.69, 9.17) is 14.2 Å². The Kier molecular flexibility index (Phi) is 6.14. The third kappa shape index (κ3) is 4.08. The number of ketones is 1. The molecule has 4 rings (SSSR count). The third-order valence-electron chi connectivity index (χ3n) is 9.17. The second kappa shape index (κ2) is 8.45. The molecule has 0 bridgehead atoms. The van der Waals surface area contributed by atoms with Crippen LogP contribution >= 0.6 is 0 Å². The zero-order valence-electron chi connectivity index (χ0n) is 19.7. The van der Waals surface area contributed by atoms with Crippen LogP contribution in [0.2, 0.25) is 0 Å². The molecule has 32 heavy (non-hydrogen) atoms. The van der Waals surface area contributed by atoms with E-state index in [2.05, 4.69) is 6.92 Å². The molecule has 0 amide bonds. The lowest BCUT2D eigenvalue weighted by molar-refractivity contribution is -0.189. The smallest absolute Gasteiger partial charge is 0.302 e. The van der Waals surface area contributed by atoms with E-state index in [1.165, 1.54) is 20.8 Å². The standard InChI is InChI=1S/C25H36O7/c1-14(26)30-13-25-8-6-20-19(21(25)10-18(12-25)31-15(2)27)11-23(32-16(3)28)22-9-17(29)5-7-24(20,22)4/h18-23H,5-13H2,1-4H3/t18-,19-,20+,21+,22-,23+,24-,25-/m1/s1. The summed E-state index contributed by atoms with van der Waals surface area (Å²) in [4.78, 5) is 47.7. The Balaban J connectivity index is 1.67. The number of fused-ring (bicyclic) bond motifs is 5. The summed E-state index contributed by atoms with van der Waals surface area (Å²) in [6.07, 6.45) is 5.50. The van der Waals surface area contributed by atoms with Crippen molar-refractivity contribution in [2.75, 3.05) is 6.61 Å². The first-order valence-corrected chi connectivity index (χ1v) is 12.0. The number of esters is 3. The Morgan fingerprint density at radius 3 is 2.31 bits per heavy atom. The van der Waals surface area contributed by atoms with Crippen molar-refractivity contribution in [2.45, 2.75) is 91.3 Å². The number of rotatable bonds is 4. The van der Waals surface area contributed by atoms with Gasteiger partial charge < -0.3 is 14.2 Å². The number of Topliss-reactive ketones (excluding diaryl/α,β-unsaturated/α-hetero) is 1. The van der Waals surface area contributed by atoms with Gasteiger partial charge in [0.05, 0.1) is 6.61 Å². The topological polar surface area (TPSA) is 96.0 Å². The van der Waals surface area contributed by atoms with Crippen molar-refractivity contribution in [1.82, 2.24) is 0 Å². The summed E-state index contributed by atoms with van der Waals surface area (Å²) in [6, 6.07) is 0. The minimum absolute atomic E-state index is 0.0561. The zero-order valence-corrected chi connectivity index (χ0v) is 19.7. The Labute approximate surface area is 189 Å². The van der Waals surface area contributed by atoms with Crippen LogP contribution in [0.3, 0.4) is 0 Å². The van der Waals surface area contributed by atoms with Gasteiger partial charge in [0.25, 0.3) is 0 Å². The fourth-order valence-corrected chi connectivity index (χ4v) is 8.00. The minimum atomic E-state index is -0.306. The number of ether oxygens (including phenoxy) is 3. The first-order chi connectivity index (χ1) is 15.0. The van der Waals surface area contributed by atoms with Crippen LogP contribution in [0.1, 0.15) is 79.1 Å². The monoisotopic (exact) mass is 448 g/mol. The van der Waals surface area contributed by atoms with E-state index in [0.29, 0.717) is 31.8 Å². The first-order valence-electron chi connectivity index (χ1n) is 12.0. The summed E-state index contributed by atoms with van der Waals surface area (Å²) in [5, 5.41) is 0. The van der Waals surface area contributed by atoms with Crippen LogP contribution in [0.5, 0.6) is 0 Å². The van der Waals surface area contributed by atoms with Gasteiger partial charge >= 0.3 is 17.9 Å². The second-order valence-corrected chi connectivity index (χ2v) is 11.0. The molecule has 4 aliphatic carbocycles. The van der Waals surface area contributed by atoms with Gasteiger partial charge in [-0.3, -0.25) is 19.2 Å². The highest BCUT2D eigenvalue weighted by atomic mass is 16.5. The Hall–Kier alpha value is -1.92. The largest absolute Gasteiger partial charge is 0.465 e. The number of hydrogen-bond acceptors (Lipinski definition) is 7. The summed E-state index contributed by atoms with van der Waals surface area (Å²) in [6.45, 7) is 6.93. The van der Waals surface area contributed by atoms with E-state index in [1.54, 1.807) is 0 Å². The first kappa shape index (κ1) is 23.2. The average Bonchev–Trinajstić information content (AvgIpc) is 3.05. The van der Waals surface area contributed by atoms with E-state index in [0.717, 1.165) is 32.1 Å². The molecule has 0 N–H and O–H groups in total. The van der Waals surface area contributed by atoms with Gasteiger partial charge in [0, 0.05) is 44.9 Å². The highest BCUT2D eigenvalue weighted by Gasteiger charge is 2.64. The molecule has 0 saturated heterocycles. The van der Waals surface area contributed by atoms with Crippen LogP contribution in [-0.4, -0.2) is 42.5 Å². The lowest BCUT2D eigenvalue weighted by Crippen LogP contribution is -2.58. The maximum absolute atomic E-state index is 12.3. The molecular weight excluding hydrogens is 412 g/mol. The summed E-state index contributed by atoms with van der Waals surface area (Å²) >= 11 is 0. The maximum atomic E-state index is 12.3. The molecule has 0 heterocycles. The van der Waals surface area contributed by atoms with Crippen molar-refractivity contribution < 1.29 is 33.4 Å². The van der Waals surface area contributed by atoms with Crippen molar-refractivity contribution in [3.05, 3.63) is 0 Å². The Bertz CT molecular complexity index is 806. The molecule has 7 nitrogen and oxygen atoms in total. The lowest BCUT2D eigenvalue weighted by Gasteiger charge is -2.61. The van der Waals surface area contributed by atoms with E-state index in [1.807, 2.05) is 0 Å². The molecule has 178 valence electrons. The van der Waals surface area contributed by atoms with Gasteiger partial charge in [-0.05, 0) is 61.7 Å². The Morgan fingerprint density at radius 2 is 1.66 bits per heavy atom. The van der Waals surface area contributed by atoms with Crippen molar-refractivity contribution in [3.8, 4) is 0 Å². The van der Waals surface area contributed by atoms with Gasteiger partial charge in [-0.1, -0.05) is 6.92 Å². The number of carbonyl (C=O) groups excluding carboxylic acids is 4. The number of carbonyl (C=O) groups is 4. The number of hydrogen-bond donors (Lipinski definition) is 0. The molecular formula is C25H36O7. The quantitative estimate of drug-likeness (QED) is 0.479. The molecule has 0 radical (unpaired) electrons. The summed E-state index contributed by atoms with van der Waals surface area (Å²) in [5.74, 6) is 0.345. The fraction of sp³-hybridized carbons (Fsp3) is 0.840. The summed E-state index contributed by atoms with van der Waals surface area (Å²) in [7, 11) is 0. The normalized spacial score (nSPS) is 42.8. The fourth-order valence-electron chi connectivity index (χ4n) is 8.00. The van der Waals surface area contributed by atoms with Crippen LogP contribution in [0.25, 0.3) is 0 Å². The molecule has 4 saturated carbocycles. The van der Waals surface area contributed by atoms with Gasteiger partial charge in [-0.15, -0.1) is 0 Å². The molecule has 8 atom stereocenters. The molecule has 0 spiro atoms. The molecule has 7 heteroatoms. The minimum Gasteiger partial charge on any atom is -0.465 e. The van der Waals surface area contributed by atoms with Gasteiger partial charge in [0.2, 0.25) is 0 Å². The SMILES string of the molecule is CC(=O)OC[C@]12CC[C@H]3[C@@H](C[C@H](OC(C)=O)[C@H]4CC(=O)CC[C@@]43C)[C@@H]1C[C@@H](OC(C)=O)C2. The lowest BCUT2D eigenvalue weighted by atomic mass is 9.44. The molecule has 0 aliphatic heterocycles. The van der Waals surface area contributed by atoms with Crippen LogP contribution in [-0.2, 0) is 33.4 Å². The van der Waals surface area contributed by atoms with Gasteiger partial charge in [0.15, 0.2) is 0 Å². The van der Waals surface area contributed by atoms with Crippen LogP contribution in [0.4, 0.5) is 0 Å². The van der Waals surface area contributed by atoms with E-state index in [9.17, 15) is 19.2 Å². The average molecular weight is 449 g/mol. The maximum Gasteiger partial charge on any atom is 0.302 e. The van der Waals surface area contributed by atoms with Gasteiger partial charge in [0.1, 0.15) is 18.0 Å². The molecule has 4 fully saturated rings. The predicted molar refractivity (Wildman–Crippen MR) is 114 cm³/mol. The van der Waals surface area contributed by atoms with Crippen LogP contribution in [0, 0.1) is 34.5 Å². The Morgan fingerprint density at radius 1 is 0.938 bits per heavy atom. The van der Waals surface area contributed by atoms with E-state index >= 15 is 0 Å². The molecule has 4 aliphatic rings. The van der Waals surface area contributed by atoms with Crippen LogP contribution < -0.4 is 0 Å². The van der Waals surface area contributed by atoms with E-state index in [-0.39, 0.29) is 64.5 Å². The van der Waals surface area contributed by atoms with Crippen molar-refractivity contribution in [3.63, 3.8) is 0 Å². The summed E-state index contributed by atoms with van der Waals surface area (Å²) in [5.41, 5.74) is -0.286. The highest BCUT2D eigenvalue weighted by molar-refractivity contribution is 5.80. The molecule has 0 unspecified atom stereocenters. The third-order valence-corrected chi connectivity index (χ3v) is 9.17. The molecule has 0 aromatic rings. The molecule has 0 aromatic carbocycles.